The summed E-state index contributed by atoms with van der Waals surface area (Å²) in [6.07, 6.45) is 7.58. The van der Waals surface area contributed by atoms with E-state index in [-0.39, 0.29) is 36.7 Å². The number of piperidine rings is 1. The number of amides is 3. The molecule has 0 radical (unpaired) electrons. The lowest BCUT2D eigenvalue weighted by molar-refractivity contribution is -0.131. The molecule has 4 heterocycles. The molecule has 8 rings (SSSR count). The van der Waals surface area contributed by atoms with Gasteiger partial charge < -0.3 is 29.7 Å². The van der Waals surface area contributed by atoms with E-state index < -0.39 is 11.7 Å². The second-order valence-electron chi connectivity index (χ2n) is 15.4. The van der Waals surface area contributed by atoms with E-state index in [1.165, 1.54) is 7.11 Å². The van der Waals surface area contributed by atoms with Gasteiger partial charge in [0.25, 0.3) is 0 Å². The summed E-state index contributed by atoms with van der Waals surface area (Å²) >= 11 is 0. The Balaban J connectivity index is 0.950. The molecule has 4 atom stereocenters. The Labute approximate surface area is 308 Å². The molecule has 0 unspecified atom stereocenters. The number of rotatable bonds is 7. The summed E-state index contributed by atoms with van der Waals surface area (Å²) in [5.74, 6) is 1.78. The largest absolute Gasteiger partial charge is 0.453 e. The zero-order valence-corrected chi connectivity index (χ0v) is 30.5. The number of carbonyl (C=O) groups is 3. The molecule has 3 aromatic carbocycles. The Hall–Kier alpha value is -5.65. The second-order valence-corrected chi connectivity index (χ2v) is 15.4. The molecule has 53 heavy (non-hydrogen) atoms. The highest BCUT2D eigenvalue weighted by Crippen LogP contribution is 2.50. The molecule has 5 aromatic rings. The Morgan fingerprint density at radius 2 is 1.47 bits per heavy atom. The van der Waals surface area contributed by atoms with Gasteiger partial charge in [0.1, 0.15) is 23.8 Å². The van der Waals surface area contributed by atoms with Gasteiger partial charge in [0.2, 0.25) is 5.91 Å². The number of likely N-dealkylation sites (tertiary alicyclic amines) is 2. The molecule has 1 saturated carbocycles. The number of nitrogens with one attached hydrogen (secondary N) is 3. The van der Waals surface area contributed by atoms with Crippen molar-refractivity contribution in [3.05, 3.63) is 84.7 Å². The highest BCUT2D eigenvalue weighted by Gasteiger charge is 2.51. The molecule has 3 aliphatic rings. The van der Waals surface area contributed by atoms with Crippen LogP contribution in [0.1, 0.15) is 76.6 Å². The molecule has 2 aliphatic heterocycles. The van der Waals surface area contributed by atoms with Crippen molar-refractivity contribution < 1.29 is 23.9 Å². The van der Waals surface area contributed by atoms with E-state index in [2.05, 4.69) is 85.7 Å². The zero-order valence-electron chi connectivity index (χ0n) is 30.5. The van der Waals surface area contributed by atoms with Crippen molar-refractivity contribution in [3.8, 4) is 33.6 Å². The lowest BCUT2D eigenvalue weighted by atomic mass is 9.98. The normalized spacial score (nSPS) is 21.0. The maximum atomic E-state index is 13.2. The molecule has 1 aliphatic carbocycles. The summed E-state index contributed by atoms with van der Waals surface area (Å²) in [5, 5.41) is 4.71. The molecular weight excluding hydrogens is 670 g/mol. The number of fused-ring (bicyclic) bond motifs is 3. The van der Waals surface area contributed by atoms with Crippen LogP contribution < -0.4 is 5.32 Å². The van der Waals surface area contributed by atoms with Crippen molar-refractivity contribution in [2.24, 2.45) is 5.92 Å². The molecule has 3 N–H and O–H groups in total. The molecule has 2 aromatic heterocycles. The topological polar surface area (TPSA) is 146 Å². The van der Waals surface area contributed by atoms with Gasteiger partial charge in [-0.05, 0) is 98.4 Å². The number of alkyl carbamates (subject to hydrolysis) is 1. The van der Waals surface area contributed by atoms with Crippen LogP contribution in [0.15, 0.2) is 73.1 Å². The van der Waals surface area contributed by atoms with Crippen LogP contribution >= 0.6 is 0 Å². The zero-order chi connectivity index (χ0) is 36.9. The highest BCUT2D eigenvalue weighted by molar-refractivity contribution is 5.90. The Morgan fingerprint density at radius 3 is 2.21 bits per heavy atom. The van der Waals surface area contributed by atoms with E-state index in [0.29, 0.717) is 12.5 Å². The summed E-state index contributed by atoms with van der Waals surface area (Å²) in [6.45, 7) is 6.22. The number of hydrogen-bond donors (Lipinski definition) is 3. The minimum Gasteiger partial charge on any atom is -0.453 e. The first kappa shape index (κ1) is 34.4. The fourth-order valence-corrected chi connectivity index (χ4v) is 8.31. The molecule has 3 amide bonds. The number of methoxy groups -OCH3 is 1. The van der Waals surface area contributed by atoms with Crippen LogP contribution in [0.5, 0.6) is 0 Å². The minimum atomic E-state index is -0.628. The number of carbonyl (C=O) groups excluding carboxylic acids is 3. The van der Waals surface area contributed by atoms with E-state index in [4.69, 9.17) is 9.72 Å². The second kappa shape index (κ2) is 13.7. The molecule has 3 fully saturated rings. The average molecular weight is 716 g/mol. The first-order chi connectivity index (χ1) is 25.5. The first-order valence-electron chi connectivity index (χ1n) is 18.4. The smallest absolute Gasteiger partial charge is 0.411 e. The van der Waals surface area contributed by atoms with Crippen LogP contribution in [0.3, 0.4) is 0 Å². The number of aromatic nitrogens is 4. The van der Waals surface area contributed by atoms with Gasteiger partial charge in [-0.3, -0.25) is 9.69 Å². The molecule has 0 spiro atoms. The molecule has 274 valence electrons. The highest BCUT2D eigenvalue weighted by atomic mass is 16.6. The van der Waals surface area contributed by atoms with Gasteiger partial charge in [0.05, 0.1) is 43.0 Å². The van der Waals surface area contributed by atoms with Gasteiger partial charge in [-0.25, -0.2) is 19.6 Å². The van der Waals surface area contributed by atoms with E-state index in [0.717, 1.165) is 88.2 Å². The van der Waals surface area contributed by atoms with Gasteiger partial charge in [0, 0.05) is 18.2 Å². The van der Waals surface area contributed by atoms with E-state index >= 15 is 0 Å². The number of nitrogens with zero attached hydrogens (tertiary/aromatic N) is 4. The first-order valence-corrected chi connectivity index (χ1v) is 18.4. The van der Waals surface area contributed by atoms with Crippen molar-refractivity contribution >= 4 is 28.9 Å². The number of imidazole rings is 2. The molecule has 12 heteroatoms. The number of hydrogen-bond acceptors (Lipinski definition) is 7. The van der Waals surface area contributed by atoms with Gasteiger partial charge in [-0.15, -0.1) is 0 Å². The Kier molecular flexibility index (Phi) is 8.92. The molecule has 2 saturated heterocycles. The van der Waals surface area contributed by atoms with Crippen molar-refractivity contribution in [1.29, 1.82) is 0 Å². The average Bonchev–Trinajstić information content (AvgIpc) is 4.00. The van der Waals surface area contributed by atoms with Crippen molar-refractivity contribution in [1.82, 2.24) is 35.1 Å². The fraction of sp³-hybridized carbons (Fsp3) is 0.390. The lowest BCUT2D eigenvalue weighted by Gasteiger charge is -2.35. The van der Waals surface area contributed by atoms with Gasteiger partial charge in [-0.1, -0.05) is 48.5 Å². The third kappa shape index (κ3) is 6.85. The van der Waals surface area contributed by atoms with Gasteiger partial charge >= 0.3 is 12.2 Å². The predicted octanol–water partition coefficient (Wildman–Crippen LogP) is 7.77. The lowest BCUT2D eigenvalue weighted by Crippen LogP contribution is -2.43. The fourth-order valence-electron chi connectivity index (χ4n) is 8.31. The van der Waals surface area contributed by atoms with E-state index in [1.54, 1.807) is 4.90 Å². The molecule has 2 bridgehead atoms. The summed E-state index contributed by atoms with van der Waals surface area (Å²) < 4.78 is 10.4. The maximum Gasteiger partial charge on any atom is 0.411 e. The number of H-pyrrole nitrogens is 2. The monoisotopic (exact) mass is 715 g/mol. The summed E-state index contributed by atoms with van der Waals surface area (Å²) in [5.41, 5.74) is 5.53. The summed E-state index contributed by atoms with van der Waals surface area (Å²) in [7, 11) is 1.27. The maximum absolute atomic E-state index is 13.2. The van der Waals surface area contributed by atoms with Crippen molar-refractivity contribution in [3.63, 3.8) is 0 Å². The third-order valence-corrected chi connectivity index (χ3v) is 10.8. The minimum absolute atomic E-state index is 0.0958. The Morgan fingerprint density at radius 1 is 0.830 bits per heavy atom. The van der Waals surface area contributed by atoms with Gasteiger partial charge in [-0.2, -0.15) is 0 Å². The van der Waals surface area contributed by atoms with E-state index in [9.17, 15) is 14.4 Å². The van der Waals surface area contributed by atoms with E-state index in [1.807, 2.05) is 38.1 Å². The van der Waals surface area contributed by atoms with Crippen molar-refractivity contribution in [2.75, 3.05) is 20.2 Å². The number of ether oxygens (including phenoxy) is 2. The van der Waals surface area contributed by atoms with Crippen LogP contribution in [0.2, 0.25) is 0 Å². The van der Waals surface area contributed by atoms with Gasteiger partial charge in [0.15, 0.2) is 0 Å². The number of aromatic amines is 2. The molecular formula is C41H45N7O5. The third-order valence-electron chi connectivity index (χ3n) is 10.8. The number of benzene rings is 3. The summed E-state index contributed by atoms with van der Waals surface area (Å²) in [4.78, 5) is 57.5. The van der Waals surface area contributed by atoms with Crippen LogP contribution in [0.25, 0.3) is 44.4 Å². The van der Waals surface area contributed by atoms with Crippen molar-refractivity contribution in [2.45, 2.75) is 76.6 Å². The van der Waals surface area contributed by atoms with Crippen LogP contribution in [0.4, 0.5) is 9.59 Å². The Bertz CT molecular complexity index is 2170. The standard InChI is InChI=1S/C41H45N7O5/c1-41(2,3)53-40(51)48-31-16-15-30(20-31)36(48)38-43-21-32(46-38)25-9-7-24(8-10-25)26-11-12-28-19-29(14-13-27(28)18-26)33-22-42-37(45-33)34-6-5-17-47(34)35(49)23-44-39(50)52-4/h7-14,18-19,21-22,30-31,34,36H,5-6,15-17,20,23H2,1-4H3,(H,42,45)(H,43,46)(H,44,50)/t30-,31+,34+,36+/m1/s1. The quantitative estimate of drug-likeness (QED) is 0.156. The SMILES string of the molecule is COC(=O)NCC(=O)N1CCC[C@H]1c1ncc(-c2ccc3cc(-c4ccc(-c5cnc([C@@H]6[C@@H]7CC[C@@H](C7)N6C(=O)OC(C)(C)C)[nH]5)cc4)ccc3c2)[nH]1. The predicted molar refractivity (Wildman–Crippen MR) is 201 cm³/mol. The summed E-state index contributed by atoms with van der Waals surface area (Å²) in [6, 6.07) is 21.2. The van der Waals surface area contributed by atoms with Crippen LogP contribution in [0, 0.1) is 5.92 Å². The molecule has 12 nitrogen and oxygen atoms in total. The van der Waals surface area contributed by atoms with Crippen LogP contribution in [-0.2, 0) is 14.3 Å². The van der Waals surface area contributed by atoms with Crippen LogP contribution in [-0.4, -0.2) is 79.7 Å².